The molecule has 3 atom stereocenters. The van der Waals surface area contributed by atoms with Gasteiger partial charge < -0.3 is 66.0 Å². The number of aliphatic hydroxyl groups excluding tert-OH is 2. The number of Topliss-reactive ketones (excluding diaryl/α,β-unsaturated/α-hetero) is 2. The number of ketones is 2. The van der Waals surface area contributed by atoms with Crippen LogP contribution in [0.3, 0.4) is 0 Å². The third-order valence-electron chi connectivity index (χ3n) is 3.80. The van der Waals surface area contributed by atoms with Crippen LogP contribution in [0.15, 0.2) is 0 Å². The molecule has 0 radical (unpaired) electrons. The maximum absolute atomic E-state index is 11.8. The third kappa shape index (κ3) is 4.84. The molecule has 0 bridgehead atoms. The van der Waals surface area contributed by atoms with Crippen LogP contribution < -0.4 is 0 Å². The van der Waals surface area contributed by atoms with E-state index in [-0.39, 0.29) is 0 Å². The molecule has 164 valence electrons. The van der Waals surface area contributed by atoms with Gasteiger partial charge in [0.15, 0.2) is 6.10 Å². The number of rotatable bonds is 8. The van der Waals surface area contributed by atoms with Crippen molar-refractivity contribution in [2.45, 2.75) is 54.5 Å². The topological polar surface area (TPSA) is 295 Å². The third-order valence-corrected chi connectivity index (χ3v) is 3.80. The first-order valence-corrected chi connectivity index (χ1v) is 7.27. The average molecular weight is 420 g/mol. The van der Waals surface area contributed by atoms with Crippen LogP contribution in [0.4, 0.5) is 0 Å². The number of aliphatic hydroxyl groups is 12. The van der Waals surface area contributed by atoms with Crippen LogP contribution in [0.1, 0.15) is 6.42 Å². The fourth-order valence-electron chi connectivity index (χ4n) is 2.19. The van der Waals surface area contributed by atoms with E-state index < -0.39 is 72.7 Å². The van der Waals surface area contributed by atoms with Crippen molar-refractivity contribution in [2.24, 2.45) is 0 Å². The monoisotopic (exact) mass is 420 g/mol. The van der Waals surface area contributed by atoms with Gasteiger partial charge in [0.25, 0.3) is 11.6 Å². The molecule has 0 spiro atoms. The van der Waals surface area contributed by atoms with Gasteiger partial charge in [0.05, 0.1) is 6.10 Å². The fourth-order valence-corrected chi connectivity index (χ4v) is 2.19. The zero-order valence-corrected chi connectivity index (χ0v) is 13.7. The van der Waals surface area contributed by atoms with Crippen LogP contribution in [0.5, 0.6) is 0 Å². The van der Waals surface area contributed by atoms with Crippen LogP contribution in [0.25, 0.3) is 0 Å². The second-order valence-electron chi connectivity index (χ2n) is 6.04. The van der Waals surface area contributed by atoms with E-state index in [1.807, 2.05) is 0 Å². The van der Waals surface area contributed by atoms with Crippen molar-refractivity contribution >= 4 is 11.6 Å². The summed E-state index contributed by atoms with van der Waals surface area (Å²) in [5.41, 5.74) is 0. The van der Waals surface area contributed by atoms with Gasteiger partial charge in [-0.3, -0.25) is 14.3 Å². The lowest BCUT2D eigenvalue weighted by Crippen LogP contribution is -2.73. The predicted molar refractivity (Wildman–Crippen MR) is 74.4 cm³/mol. The van der Waals surface area contributed by atoms with Crippen molar-refractivity contribution in [2.75, 3.05) is 6.61 Å². The average Bonchev–Trinajstić information content (AvgIpc) is 2.50. The molecule has 0 aromatic heterocycles. The van der Waals surface area contributed by atoms with Gasteiger partial charge in [0.1, 0.15) is 12.7 Å². The molecule has 0 heterocycles. The number of hydrogen-bond donors (Lipinski definition) is 12. The molecule has 0 saturated heterocycles. The first-order valence-electron chi connectivity index (χ1n) is 7.27. The molecule has 0 aliphatic heterocycles. The lowest BCUT2D eigenvalue weighted by molar-refractivity contribution is -0.489. The minimum atomic E-state index is -4.52. The van der Waals surface area contributed by atoms with E-state index in [0.717, 1.165) is 0 Å². The van der Waals surface area contributed by atoms with E-state index in [4.69, 9.17) is 25.5 Å². The van der Waals surface area contributed by atoms with Crippen LogP contribution in [-0.4, -0.2) is 128 Å². The van der Waals surface area contributed by atoms with Crippen molar-refractivity contribution in [1.29, 1.82) is 0 Å². The maximum atomic E-state index is 11.8. The van der Waals surface area contributed by atoms with E-state index in [1.165, 1.54) is 0 Å². The second-order valence-corrected chi connectivity index (χ2v) is 6.04. The van der Waals surface area contributed by atoms with Crippen molar-refractivity contribution < 1.29 is 80.3 Å². The van der Waals surface area contributed by atoms with Gasteiger partial charge in [0, 0.05) is 6.42 Å². The quantitative estimate of drug-likeness (QED) is 0.128. The molecule has 0 amide bonds. The summed E-state index contributed by atoms with van der Waals surface area (Å²) in [6, 6.07) is 0. The highest BCUT2D eigenvalue weighted by Crippen LogP contribution is 2.31. The fraction of sp³-hybridized carbons (Fsp3) is 0.833. The molecule has 3 unspecified atom stereocenters. The Morgan fingerprint density at radius 1 is 0.964 bits per heavy atom. The van der Waals surface area contributed by atoms with Crippen LogP contribution in [-0.2, 0) is 19.1 Å². The highest BCUT2D eigenvalue weighted by atomic mass is 16.9. The molecule has 0 aromatic carbocycles. The molecule has 1 rings (SSSR count). The Hall–Kier alpha value is -1.22. The Balaban J connectivity index is 3.09. The molecule has 1 aliphatic rings. The highest BCUT2D eigenvalue weighted by Gasteiger charge is 2.65. The predicted octanol–water partition coefficient (Wildman–Crippen LogP) is -8.40. The van der Waals surface area contributed by atoms with Crippen molar-refractivity contribution in [3.05, 3.63) is 0 Å². The lowest BCUT2D eigenvalue weighted by atomic mass is 9.89. The summed E-state index contributed by atoms with van der Waals surface area (Å²) in [7, 11) is 0. The Kier molecular flexibility index (Phi) is 7.00. The summed E-state index contributed by atoms with van der Waals surface area (Å²) in [6.45, 7) is -1.83. The van der Waals surface area contributed by atoms with Gasteiger partial charge in [-0.25, -0.2) is 0 Å². The SMILES string of the molecule is O=C1CC(O)C(OCC(O)(O)C(O)(O)C(O)(O)C(O)O)C(OC(O)(O)O)C1=O. The Bertz CT molecular complexity index is 589. The summed E-state index contributed by atoms with van der Waals surface area (Å²) in [6.07, 6.45) is -14.8. The molecular weight excluding hydrogens is 400 g/mol. The molecule has 0 aromatic rings. The summed E-state index contributed by atoms with van der Waals surface area (Å²) >= 11 is 0. The molecular formula is C12H20O16. The van der Waals surface area contributed by atoms with Gasteiger partial charge in [0.2, 0.25) is 23.6 Å². The first-order chi connectivity index (χ1) is 12.3. The van der Waals surface area contributed by atoms with Crippen molar-refractivity contribution in [3.8, 4) is 0 Å². The number of carbonyl (C=O) groups excluding carboxylic acids is 2. The minimum absolute atomic E-state index is 0.925. The normalized spacial score (nSPS) is 25.5. The molecule has 1 saturated carbocycles. The Morgan fingerprint density at radius 3 is 1.89 bits per heavy atom. The maximum Gasteiger partial charge on any atom is 0.405 e. The van der Waals surface area contributed by atoms with Crippen molar-refractivity contribution in [1.82, 2.24) is 0 Å². The zero-order valence-electron chi connectivity index (χ0n) is 13.7. The van der Waals surface area contributed by atoms with Gasteiger partial charge in [-0.2, -0.15) is 0 Å². The van der Waals surface area contributed by atoms with Crippen molar-refractivity contribution in [3.63, 3.8) is 0 Å². The molecule has 1 fully saturated rings. The molecule has 12 N–H and O–H groups in total. The van der Waals surface area contributed by atoms with Crippen LogP contribution in [0, 0.1) is 0 Å². The molecule has 1 aliphatic carbocycles. The molecule has 16 nitrogen and oxygen atoms in total. The van der Waals surface area contributed by atoms with Crippen LogP contribution in [0.2, 0.25) is 0 Å². The number of hydrogen-bond acceptors (Lipinski definition) is 16. The smallest absolute Gasteiger partial charge is 0.390 e. The van der Waals surface area contributed by atoms with Gasteiger partial charge in [-0.05, 0) is 0 Å². The lowest BCUT2D eigenvalue weighted by Gasteiger charge is -2.43. The number of ether oxygens (including phenoxy) is 2. The highest BCUT2D eigenvalue weighted by molar-refractivity contribution is 6.39. The van der Waals surface area contributed by atoms with Gasteiger partial charge in [-0.15, -0.1) is 0 Å². The van der Waals surface area contributed by atoms with E-state index >= 15 is 0 Å². The summed E-state index contributed by atoms with van der Waals surface area (Å²) in [4.78, 5) is 23.2. The largest absolute Gasteiger partial charge is 0.405 e. The second kappa shape index (κ2) is 7.89. The minimum Gasteiger partial charge on any atom is -0.390 e. The van der Waals surface area contributed by atoms with E-state index in [9.17, 15) is 45.3 Å². The zero-order chi connectivity index (χ0) is 22.3. The number of carbonyl (C=O) groups is 2. The summed E-state index contributed by atoms with van der Waals surface area (Å²) < 4.78 is 8.66. The summed E-state index contributed by atoms with van der Waals surface area (Å²) in [5.74, 6) is -15.9. The Labute approximate surface area is 154 Å². The Morgan fingerprint density at radius 2 is 1.46 bits per heavy atom. The standard InChI is InChI=1S/C12H20O16/c13-3-1-4(14)6(7(5(3)15)28-12(24,25)26)27-2-9(18,19)11(22,23)10(20,21)8(16)17/h4,6-8,14,16-26H,1-2H2. The van der Waals surface area contributed by atoms with Gasteiger partial charge >= 0.3 is 6.16 Å². The van der Waals surface area contributed by atoms with E-state index in [2.05, 4.69) is 9.47 Å². The van der Waals surface area contributed by atoms with E-state index in [1.54, 1.807) is 0 Å². The van der Waals surface area contributed by atoms with Crippen LogP contribution >= 0.6 is 0 Å². The molecule has 28 heavy (non-hydrogen) atoms. The summed E-state index contributed by atoms with van der Waals surface area (Å²) in [5, 5.41) is 110. The first kappa shape index (κ1) is 24.8. The van der Waals surface area contributed by atoms with Gasteiger partial charge in [-0.1, -0.05) is 0 Å². The van der Waals surface area contributed by atoms with E-state index in [0.29, 0.717) is 0 Å². The molecule has 16 heteroatoms.